The van der Waals surface area contributed by atoms with E-state index in [1.165, 1.54) is 12.8 Å². The molecule has 1 saturated heterocycles. The second-order valence-electron chi connectivity index (χ2n) is 5.06. The Labute approximate surface area is 106 Å². The normalized spacial score (nSPS) is 25.5. The zero-order valence-electron chi connectivity index (χ0n) is 10.7. The maximum absolute atomic E-state index is 5.70. The first-order valence-corrected chi connectivity index (χ1v) is 6.62. The number of hydrogen-bond donors (Lipinski definition) is 1. The second-order valence-corrected chi connectivity index (χ2v) is 5.06. The molecule has 1 aliphatic heterocycles. The zero-order valence-corrected chi connectivity index (χ0v) is 10.7. The molecule has 3 rings (SSSR count). The van der Waals surface area contributed by atoms with Crippen LogP contribution >= 0.6 is 0 Å². The summed E-state index contributed by atoms with van der Waals surface area (Å²) in [6.45, 7) is 4.41. The Balaban J connectivity index is 1.59. The van der Waals surface area contributed by atoms with Crippen molar-refractivity contribution >= 4 is 0 Å². The number of hydrogen-bond acceptors (Lipinski definition) is 6. The summed E-state index contributed by atoms with van der Waals surface area (Å²) >= 11 is 0. The van der Waals surface area contributed by atoms with Crippen LogP contribution in [0.25, 0.3) is 0 Å². The van der Waals surface area contributed by atoms with Crippen molar-refractivity contribution < 1.29 is 4.74 Å². The maximum Gasteiger partial charge on any atom is 0.165 e. The van der Waals surface area contributed by atoms with Gasteiger partial charge in [-0.05, 0) is 30.3 Å². The lowest BCUT2D eigenvalue weighted by Gasteiger charge is -2.32. The number of tetrazole rings is 1. The quantitative estimate of drug-likeness (QED) is 0.757. The predicted octanol–water partition coefficient (Wildman–Crippen LogP) is -0.572. The molecule has 0 radical (unpaired) electrons. The van der Waals surface area contributed by atoms with Gasteiger partial charge in [-0.3, -0.25) is 4.90 Å². The zero-order chi connectivity index (χ0) is 12.4. The molecule has 1 N–H and O–H groups in total. The monoisotopic (exact) mass is 252 g/mol. The topological polar surface area (TPSA) is 68.1 Å². The lowest BCUT2D eigenvalue weighted by molar-refractivity contribution is -0.0302. The van der Waals surface area contributed by atoms with Crippen LogP contribution in [0.1, 0.15) is 24.7 Å². The van der Waals surface area contributed by atoms with Gasteiger partial charge in [0.15, 0.2) is 5.82 Å². The average Bonchev–Trinajstić information content (AvgIpc) is 3.12. The van der Waals surface area contributed by atoms with Crippen LogP contribution in [0.5, 0.6) is 0 Å². The minimum Gasteiger partial charge on any atom is -0.374 e. The van der Waals surface area contributed by atoms with Gasteiger partial charge in [-0.2, -0.15) is 0 Å². The van der Waals surface area contributed by atoms with Crippen LogP contribution < -0.4 is 5.32 Å². The van der Waals surface area contributed by atoms with Crippen molar-refractivity contribution in [2.75, 3.05) is 33.3 Å². The van der Waals surface area contributed by atoms with E-state index in [0.717, 1.165) is 38.6 Å². The predicted molar refractivity (Wildman–Crippen MR) is 65.0 cm³/mol. The Hall–Kier alpha value is -1.05. The van der Waals surface area contributed by atoms with E-state index in [2.05, 4.69) is 25.7 Å². The molecule has 1 aromatic heterocycles. The largest absolute Gasteiger partial charge is 0.374 e. The highest BCUT2D eigenvalue weighted by molar-refractivity contribution is 4.91. The van der Waals surface area contributed by atoms with Crippen LogP contribution in [0.4, 0.5) is 0 Å². The molecule has 0 aromatic carbocycles. The molecule has 2 fully saturated rings. The van der Waals surface area contributed by atoms with Gasteiger partial charge in [0, 0.05) is 19.6 Å². The van der Waals surface area contributed by atoms with E-state index in [-0.39, 0.29) is 6.10 Å². The molecular formula is C11H20N6O. The van der Waals surface area contributed by atoms with E-state index < -0.39 is 0 Å². The number of ether oxygens (including phenoxy) is 1. The summed E-state index contributed by atoms with van der Waals surface area (Å²) < 4.78 is 7.68. The maximum atomic E-state index is 5.70. The molecule has 0 amide bonds. The number of nitrogens with one attached hydrogen (secondary N) is 1. The summed E-state index contributed by atoms with van der Waals surface area (Å²) in [4.78, 5) is 2.37. The van der Waals surface area contributed by atoms with Crippen molar-refractivity contribution in [2.45, 2.75) is 31.5 Å². The lowest BCUT2D eigenvalue weighted by atomic mass is 10.2. The Morgan fingerprint density at radius 1 is 1.44 bits per heavy atom. The molecule has 1 atom stereocenters. The second kappa shape index (κ2) is 5.29. The van der Waals surface area contributed by atoms with E-state index in [4.69, 9.17) is 4.74 Å². The molecule has 0 bridgehead atoms. The van der Waals surface area contributed by atoms with Gasteiger partial charge >= 0.3 is 0 Å². The van der Waals surface area contributed by atoms with Gasteiger partial charge in [-0.15, -0.1) is 5.10 Å². The summed E-state index contributed by atoms with van der Waals surface area (Å²) in [6, 6.07) is 0.546. The summed E-state index contributed by atoms with van der Waals surface area (Å²) in [5.41, 5.74) is 0. The summed E-state index contributed by atoms with van der Waals surface area (Å²) in [6.07, 6.45) is 2.70. The Morgan fingerprint density at radius 2 is 2.33 bits per heavy atom. The van der Waals surface area contributed by atoms with Gasteiger partial charge < -0.3 is 10.1 Å². The van der Waals surface area contributed by atoms with E-state index >= 15 is 0 Å². The molecule has 0 spiro atoms. The van der Waals surface area contributed by atoms with Crippen molar-refractivity contribution in [1.82, 2.24) is 30.4 Å². The summed E-state index contributed by atoms with van der Waals surface area (Å²) in [5.74, 6) is 0.989. The third kappa shape index (κ3) is 2.68. The van der Waals surface area contributed by atoms with Gasteiger partial charge in [0.05, 0.1) is 25.3 Å². The van der Waals surface area contributed by atoms with E-state index in [1.54, 1.807) is 0 Å². The van der Waals surface area contributed by atoms with Gasteiger partial charge in [0.2, 0.25) is 0 Å². The van der Waals surface area contributed by atoms with Crippen molar-refractivity contribution in [3.05, 3.63) is 5.82 Å². The highest BCUT2D eigenvalue weighted by Crippen LogP contribution is 2.34. The van der Waals surface area contributed by atoms with E-state index in [1.807, 2.05) is 11.7 Å². The van der Waals surface area contributed by atoms with Crippen LogP contribution in [0.2, 0.25) is 0 Å². The molecular weight excluding hydrogens is 232 g/mol. The first kappa shape index (κ1) is 12.0. The van der Waals surface area contributed by atoms with Crippen LogP contribution in [0.3, 0.4) is 0 Å². The standard InChI is InChI=1S/C11H20N6O/c1-12-6-10-7-16(4-5-18-10)8-11-13-14-15-17(11)9-2-3-9/h9-10,12H,2-8H2,1H3. The average molecular weight is 252 g/mol. The van der Waals surface area contributed by atoms with Gasteiger partial charge in [0.1, 0.15) is 0 Å². The highest BCUT2D eigenvalue weighted by Gasteiger charge is 2.29. The van der Waals surface area contributed by atoms with Crippen LogP contribution in [0.15, 0.2) is 0 Å². The van der Waals surface area contributed by atoms with Gasteiger partial charge in [-0.25, -0.2) is 4.68 Å². The molecule has 1 saturated carbocycles. The first-order chi connectivity index (χ1) is 8.86. The third-order valence-corrected chi connectivity index (χ3v) is 3.47. The molecule has 7 nitrogen and oxygen atoms in total. The number of likely N-dealkylation sites (N-methyl/N-ethyl adjacent to an activating group) is 1. The fourth-order valence-corrected chi connectivity index (χ4v) is 2.39. The third-order valence-electron chi connectivity index (χ3n) is 3.47. The van der Waals surface area contributed by atoms with Crippen LogP contribution in [-0.4, -0.2) is 64.5 Å². The van der Waals surface area contributed by atoms with Crippen molar-refractivity contribution in [1.29, 1.82) is 0 Å². The summed E-state index contributed by atoms with van der Waals surface area (Å²) in [5, 5.41) is 15.2. The summed E-state index contributed by atoms with van der Waals surface area (Å²) in [7, 11) is 1.95. The number of nitrogens with zero attached hydrogens (tertiary/aromatic N) is 5. The number of morpholine rings is 1. The van der Waals surface area contributed by atoms with Gasteiger partial charge in [0.25, 0.3) is 0 Å². The van der Waals surface area contributed by atoms with Crippen LogP contribution in [0, 0.1) is 0 Å². The molecule has 7 heteroatoms. The smallest absolute Gasteiger partial charge is 0.165 e. The van der Waals surface area contributed by atoms with E-state index in [0.29, 0.717) is 6.04 Å². The molecule has 18 heavy (non-hydrogen) atoms. The minimum absolute atomic E-state index is 0.272. The van der Waals surface area contributed by atoms with E-state index in [9.17, 15) is 0 Å². The fraction of sp³-hybridized carbons (Fsp3) is 0.909. The first-order valence-electron chi connectivity index (χ1n) is 6.62. The van der Waals surface area contributed by atoms with Crippen molar-refractivity contribution in [3.63, 3.8) is 0 Å². The van der Waals surface area contributed by atoms with Crippen LogP contribution in [-0.2, 0) is 11.3 Å². The molecule has 1 aromatic rings. The van der Waals surface area contributed by atoms with Crippen molar-refractivity contribution in [2.24, 2.45) is 0 Å². The minimum atomic E-state index is 0.272. The van der Waals surface area contributed by atoms with Gasteiger partial charge in [-0.1, -0.05) is 0 Å². The van der Waals surface area contributed by atoms with Crippen molar-refractivity contribution in [3.8, 4) is 0 Å². The molecule has 1 unspecified atom stereocenters. The number of aromatic nitrogens is 4. The molecule has 2 heterocycles. The molecule has 100 valence electrons. The number of rotatable bonds is 5. The lowest BCUT2D eigenvalue weighted by Crippen LogP contribution is -2.46. The Kier molecular flexibility index (Phi) is 3.53. The fourth-order valence-electron chi connectivity index (χ4n) is 2.39. The Morgan fingerprint density at radius 3 is 3.11 bits per heavy atom. The highest BCUT2D eigenvalue weighted by atomic mass is 16.5. The molecule has 1 aliphatic carbocycles. The SMILES string of the molecule is CNCC1CN(Cc2nnnn2C2CC2)CCO1. The Bertz CT molecular complexity index is 389. The molecule has 2 aliphatic rings.